The Balaban J connectivity index is 1.37. The lowest BCUT2D eigenvalue weighted by molar-refractivity contribution is -0.110. The van der Waals surface area contributed by atoms with Gasteiger partial charge in [-0.15, -0.1) is 0 Å². The van der Waals surface area contributed by atoms with Gasteiger partial charge in [-0.1, -0.05) is 18.2 Å². The highest BCUT2D eigenvalue weighted by atomic mass is 31.2. The van der Waals surface area contributed by atoms with Gasteiger partial charge in [0.15, 0.2) is 11.2 Å². The van der Waals surface area contributed by atoms with Crippen LogP contribution in [0.4, 0.5) is 5.95 Å². The Morgan fingerprint density at radius 2 is 2.00 bits per heavy atom. The van der Waals surface area contributed by atoms with E-state index in [-0.39, 0.29) is 24.5 Å². The molecule has 2 aliphatic rings. The fourth-order valence-electron chi connectivity index (χ4n) is 4.05. The van der Waals surface area contributed by atoms with Crippen molar-refractivity contribution >= 4 is 24.9 Å². The normalized spacial score (nSPS) is 26.3. The molecule has 3 heterocycles. The number of rotatable bonds is 9. The molecule has 6 N–H and O–H groups in total. The van der Waals surface area contributed by atoms with Gasteiger partial charge in [-0.25, -0.2) is 14.6 Å². The number of nitrogens with two attached hydrogens (primary N) is 2. The summed E-state index contributed by atoms with van der Waals surface area (Å²) in [6.45, 7) is -0.220. The third-order valence-corrected chi connectivity index (χ3v) is 7.73. The van der Waals surface area contributed by atoms with Crippen LogP contribution < -0.4 is 25.8 Å². The Labute approximate surface area is 207 Å². The van der Waals surface area contributed by atoms with Gasteiger partial charge in [0.2, 0.25) is 11.8 Å². The second-order valence-corrected chi connectivity index (χ2v) is 10.6. The molecule has 0 amide bonds. The summed E-state index contributed by atoms with van der Waals surface area (Å²) < 4.78 is 38.3. The molecule has 1 aliphatic heterocycles. The largest absolute Gasteiger partial charge is 0.479 e. The molecule has 13 nitrogen and oxygen atoms in total. The van der Waals surface area contributed by atoms with Gasteiger partial charge < -0.3 is 30.6 Å². The second kappa shape index (κ2) is 10.3. The van der Waals surface area contributed by atoms with E-state index in [1.165, 1.54) is 7.11 Å². The highest BCUT2D eigenvalue weighted by molar-refractivity contribution is 7.52. The van der Waals surface area contributed by atoms with Gasteiger partial charge in [-0.05, 0) is 37.8 Å². The van der Waals surface area contributed by atoms with Crippen molar-refractivity contribution < 1.29 is 28.2 Å². The summed E-state index contributed by atoms with van der Waals surface area (Å²) >= 11 is 0. The van der Waals surface area contributed by atoms with Crippen molar-refractivity contribution in [2.45, 2.75) is 56.2 Å². The summed E-state index contributed by atoms with van der Waals surface area (Å²) in [5.41, 5.74) is 12.9. The van der Waals surface area contributed by atoms with E-state index in [1.807, 2.05) is 6.07 Å². The van der Waals surface area contributed by atoms with Crippen LogP contribution >= 0.6 is 7.75 Å². The Bertz CT molecular complexity index is 1240. The first-order valence-corrected chi connectivity index (χ1v) is 13.3. The first-order chi connectivity index (χ1) is 17.3. The van der Waals surface area contributed by atoms with Crippen LogP contribution in [0.5, 0.6) is 11.6 Å². The fourth-order valence-corrected chi connectivity index (χ4v) is 5.68. The first-order valence-electron chi connectivity index (χ1n) is 11.8. The van der Waals surface area contributed by atoms with Gasteiger partial charge in [0.1, 0.15) is 18.1 Å². The summed E-state index contributed by atoms with van der Waals surface area (Å²) in [6.07, 6.45) is 1.65. The van der Waals surface area contributed by atoms with E-state index in [9.17, 15) is 9.67 Å². The molecular weight excluding hydrogens is 489 g/mol. The molecule has 36 heavy (non-hydrogen) atoms. The lowest BCUT2D eigenvalue weighted by atomic mass is 10.0. The van der Waals surface area contributed by atoms with Gasteiger partial charge >= 0.3 is 7.75 Å². The number of nitrogens with zero attached hydrogens (tertiary/aromatic N) is 4. The minimum absolute atomic E-state index is 0.0245. The van der Waals surface area contributed by atoms with Crippen molar-refractivity contribution in [2.24, 2.45) is 5.73 Å². The van der Waals surface area contributed by atoms with E-state index in [1.54, 1.807) is 35.2 Å². The minimum Gasteiger partial charge on any atom is -0.479 e. The van der Waals surface area contributed by atoms with Crippen LogP contribution in [0, 0.1) is 0 Å². The molecule has 1 aromatic carbocycles. The molecule has 1 aliphatic carbocycles. The van der Waals surface area contributed by atoms with Crippen molar-refractivity contribution in [3.05, 3.63) is 36.7 Å². The fraction of sp³-hybridized carbons (Fsp3) is 0.500. The molecule has 14 heteroatoms. The van der Waals surface area contributed by atoms with Crippen molar-refractivity contribution in [3.63, 3.8) is 0 Å². The Kier molecular flexibility index (Phi) is 7.11. The number of aliphatic hydroxyl groups excluding tert-OH is 1. The molecule has 5 rings (SSSR count). The SMILES string of the molecule is COc1nc(N)nc2c1ncn2[C@H]1CCC(N)[C@H](O)[C@@H](COP(=O)(NC2CC2)Oc2ccccc2)O1. The van der Waals surface area contributed by atoms with Crippen LogP contribution in [-0.2, 0) is 13.8 Å². The quantitative estimate of drug-likeness (QED) is 0.301. The Morgan fingerprint density at radius 3 is 2.72 bits per heavy atom. The average molecular weight is 519 g/mol. The van der Waals surface area contributed by atoms with Crippen LogP contribution in [0.15, 0.2) is 36.7 Å². The van der Waals surface area contributed by atoms with E-state index in [0.717, 1.165) is 12.8 Å². The van der Waals surface area contributed by atoms with Gasteiger partial charge in [0.25, 0.3) is 0 Å². The van der Waals surface area contributed by atoms with E-state index in [0.29, 0.717) is 29.8 Å². The van der Waals surface area contributed by atoms with Crippen molar-refractivity contribution in [1.82, 2.24) is 24.6 Å². The molecule has 5 atom stereocenters. The van der Waals surface area contributed by atoms with E-state index in [4.69, 9.17) is 30.0 Å². The smallest absolute Gasteiger partial charge is 0.459 e. The number of imidazole rings is 1. The molecule has 2 unspecified atom stereocenters. The standard InChI is InChI=1S/C22H30N7O6P/c1-32-21-18-20(26-22(24)27-21)29(12-25-18)17-10-9-15(23)19(30)16(34-17)11-33-36(31,28-13-7-8-13)35-14-5-3-2-4-6-14/h2-6,12-13,15-17,19,30H,7-11,23H2,1H3,(H,28,31)(H2,24,26,27)/t15?,16-,17-,19+,36?/m1/s1. The van der Waals surface area contributed by atoms with Crippen molar-refractivity contribution in [3.8, 4) is 11.6 Å². The summed E-state index contributed by atoms with van der Waals surface area (Å²) in [4.78, 5) is 12.7. The summed E-state index contributed by atoms with van der Waals surface area (Å²) in [5, 5.41) is 13.8. The topological polar surface area (TPSA) is 182 Å². The molecule has 194 valence electrons. The number of anilines is 1. The number of methoxy groups -OCH3 is 1. The summed E-state index contributed by atoms with van der Waals surface area (Å²) in [5.74, 6) is 0.671. The number of hydrogen-bond donors (Lipinski definition) is 4. The minimum atomic E-state index is -3.75. The number of fused-ring (bicyclic) bond motifs is 1. The van der Waals surface area contributed by atoms with Gasteiger partial charge in [-0.3, -0.25) is 9.09 Å². The second-order valence-electron chi connectivity index (χ2n) is 8.88. The predicted octanol–water partition coefficient (Wildman–Crippen LogP) is 1.74. The maximum Gasteiger partial charge on any atom is 0.459 e. The number of nitrogens with one attached hydrogen (secondary N) is 1. The van der Waals surface area contributed by atoms with Crippen LogP contribution in [0.2, 0.25) is 0 Å². The number of aliphatic hydroxyl groups is 1. The predicted molar refractivity (Wildman–Crippen MR) is 130 cm³/mol. The zero-order valence-corrected chi connectivity index (χ0v) is 20.7. The van der Waals surface area contributed by atoms with Crippen LogP contribution in [0.25, 0.3) is 11.2 Å². The van der Waals surface area contributed by atoms with Crippen molar-refractivity contribution in [2.75, 3.05) is 19.5 Å². The number of ether oxygens (including phenoxy) is 2. The van der Waals surface area contributed by atoms with Crippen LogP contribution in [0.1, 0.15) is 31.9 Å². The van der Waals surface area contributed by atoms with Gasteiger partial charge in [-0.2, -0.15) is 9.97 Å². The Morgan fingerprint density at radius 1 is 1.22 bits per heavy atom. The number of hydrogen-bond acceptors (Lipinski definition) is 11. The maximum absolute atomic E-state index is 13.6. The lowest BCUT2D eigenvalue weighted by Gasteiger charge is -2.28. The van der Waals surface area contributed by atoms with Gasteiger partial charge in [0, 0.05) is 12.1 Å². The third-order valence-electron chi connectivity index (χ3n) is 6.10. The lowest BCUT2D eigenvalue weighted by Crippen LogP contribution is -2.44. The van der Waals surface area contributed by atoms with Crippen LogP contribution in [-0.4, -0.2) is 62.6 Å². The highest BCUT2D eigenvalue weighted by Gasteiger charge is 2.39. The Hall–Kier alpha value is -2.80. The zero-order valence-electron chi connectivity index (χ0n) is 19.8. The first kappa shape index (κ1) is 24.9. The maximum atomic E-state index is 13.6. The summed E-state index contributed by atoms with van der Waals surface area (Å²) in [7, 11) is -2.28. The molecule has 2 aromatic heterocycles. The number of para-hydroxylation sites is 1. The average Bonchev–Trinajstić information content (AvgIpc) is 3.60. The molecular formula is C22H30N7O6P. The van der Waals surface area contributed by atoms with Gasteiger partial charge in [0.05, 0.1) is 26.1 Å². The molecule has 1 saturated carbocycles. The van der Waals surface area contributed by atoms with E-state index >= 15 is 0 Å². The molecule has 0 spiro atoms. The number of aromatic nitrogens is 4. The number of benzene rings is 1. The molecule has 0 bridgehead atoms. The third kappa shape index (κ3) is 5.46. The monoisotopic (exact) mass is 519 g/mol. The van der Waals surface area contributed by atoms with Crippen molar-refractivity contribution in [1.29, 1.82) is 0 Å². The molecule has 3 aromatic rings. The summed E-state index contributed by atoms with van der Waals surface area (Å²) in [6, 6.07) is 8.24. The van der Waals surface area contributed by atoms with E-state index < -0.39 is 32.2 Å². The highest BCUT2D eigenvalue weighted by Crippen LogP contribution is 2.48. The molecule has 2 fully saturated rings. The molecule has 0 radical (unpaired) electrons. The van der Waals surface area contributed by atoms with E-state index in [2.05, 4.69) is 20.0 Å². The zero-order chi connectivity index (χ0) is 25.3. The number of nitrogen functional groups attached to an aromatic ring is 1. The van der Waals surface area contributed by atoms with Crippen LogP contribution in [0.3, 0.4) is 0 Å². The molecule has 1 saturated heterocycles.